The number of hydrogen-bond acceptors (Lipinski definition) is 3. The first kappa shape index (κ1) is 14.8. The van der Waals surface area contributed by atoms with Crippen molar-refractivity contribution in [3.05, 3.63) is 34.3 Å². The van der Waals surface area contributed by atoms with Crippen LogP contribution < -0.4 is 5.32 Å². The summed E-state index contributed by atoms with van der Waals surface area (Å²) in [6.45, 7) is 2.51. The molecule has 2 rings (SSSR count). The lowest BCUT2D eigenvalue weighted by atomic mass is 10.1. The van der Waals surface area contributed by atoms with E-state index in [1.165, 1.54) is 4.90 Å². The molecule has 1 fully saturated rings. The lowest BCUT2D eigenvalue weighted by molar-refractivity contribution is -0.128. The highest BCUT2D eigenvalue weighted by molar-refractivity contribution is 6.34. The number of carbonyl (C=O) groups excluding carboxylic acids is 2. The molecule has 2 amide bonds. The molecule has 1 saturated heterocycles. The normalized spacial score (nSPS) is 18.9. The third kappa shape index (κ3) is 2.78. The Kier molecular flexibility index (Phi) is 4.62. The number of nitrogens with one attached hydrogen (secondary N) is 1. The van der Waals surface area contributed by atoms with Gasteiger partial charge in [-0.15, -0.1) is 0 Å². The van der Waals surface area contributed by atoms with Gasteiger partial charge in [-0.3, -0.25) is 9.59 Å². The number of hydrogen-bond donors (Lipinski definition) is 2. The minimum absolute atomic E-state index is 0.149. The zero-order valence-corrected chi connectivity index (χ0v) is 12.0. The molecule has 5 nitrogen and oxygen atoms in total. The molecule has 1 aromatic carbocycles. The van der Waals surface area contributed by atoms with Crippen LogP contribution in [0.3, 0.4) is 0 Å². The molecule has 0 spiro atoms. The standard InChI is InChI=1S/C14H17ClN2O3/c1-9-3-2-4-10(12(9)15)14(20)17-7-6-16-13(19)11(17)5-8-18/h2-4,11,18H,5-8H2,1H3,(H,16,19)/t11-/m0/s1. The number of aryl methyl sites for hydroxylation is 1. The minimum atomic E-state index is -0.641. The van der Waals surface area contributed by atoms with Crippen molar-refractivity contribution >= 4 is 23.4 Å². The van der Waals surface area contributed by atoms with Crippen LogP contribution in [-0.4, -0.2) is 47.6 Å². The van der Waals surface area contributed by atoms with Gasteiger partial charge in [-0.05, 0) is 25.0 Å². The fraction of sp³-hybridized carbons (Fsp3) is 0.429. The fourth-order valence-corrected chi connectivity index (χ4v) is 2.54. The molecule has 0 unspecified atom stereocenters. The number of rotatable bonds is 3. The van der Waals surface area contributed by atoms with E-state index in [0.717, 1.165) is 5.56 Å². The monoisotopic (exact) mass is 296 g/mol. The van der Waals surface area contributed by atoms with E-state index in [1.54, 1.807) is 12.1 Å². The van der Waals surface area contributed by atoms with Crippen molar-refractivity contribution in [3.63, 3.8) is 0 Å². The van der Waals surface area contributed by atoms with Gasteiger partial charge in [0.2, 0.25) is 5.91 Å². The highest BCUT2D eigenvalue weighted by Gasteiger charge is 2.33. The van der Waals surface area contributed by atoms with Gasteiger partial charge in [-0.2, -0.15) is 0 Å². The number of nitrogens with zero attached hydrogens (tertiary/aromatic N) is 1. The molecule has 2 N–H and O–H groups in total. The Bertz CT molecular complexity index is 533. The molecule has 1 aromatic rings. The van der Waals surface area contributed by atoms with Gasteiger partial charge in [0.1, 0.15) is 6.04 Å². The lowest BCUT2D eigenvalue weighted by Gasteiger charge is -2.35. The number of carbonyl (C=O) groups is 2. The molecule has 0 radical (unpaired) electrons. The van der Waals surface area contributed by atoms with Crippen LogP contribution in [0.5, 0.6) is 0 Å². The Morgan fingerprint density at radius 2 is 2.30 bits per heavy atom. The van der Waals surface area contributed by atoms with Gasteiger partial charge >= 0.3 is 0 Å². The van der Waals surface area contributed by atoms with Crippen molar-refractivity contribution in [2.75, 3.05) is 19.7 Å². The van der Waals surface area contributed by atoms with Crippen LogP contribution >= 0.6 is 11.6 Å². The van der Waals surface area contributed by atoms with Gasteiger partial charge in [0.05, 0.1) is 10.6 Å². The summed E-state index contributed by atoms with van der Waals surface area (Å²) in [5.74, 6) is -0.505. The molecule has 0 saturated carbocycles. The third-order valence-electron chi connectivity index (χ3n) is 3.42. The summed E-state index contributed by atoms with van der Waals surface area (Å²) in [5, 5.41) is 12.2. The van der Waals surface area contributed by atoms with Gasteiger partial charge in [-0.1, -0.05) is 23.7 Å². The predicted octanol–water partition coefficient (Wildman–Crippen LogP) is 0.971. The van der Waals surface area contributed by atoms with Crippen LogP contribution in [0, 0.1) is 6.92 Å². The van der Waals surface area contributed by atoms with Crippen molar-refractivity contribution in [3.8, 4) is 0 Å². The van der Waals surface area contributed by atoms with Crippen molar-refractivity contribution in [2.45, 2.75) is 19.4 Å². The molecule has 1 aliphatic heterocycles. The van der Waals surface area contributed by atoms with Crippen LogP contribution in [0.2, 0.25) is 5.02 Å². The Balaban J connectivity index is 2.30. The average Bonchev–Trinajstić information content (AvgIpc) is 2.43. The molecule has 0 aromatic heterocycles. The first-order valence-corrected chi connectivity index (χ1v) is 6.88. The molecule has 1 aliphatic rings. The molecule has 1 heterocycles. The van der Waals surface area contributed by atoms with E-state index in [-0.39, 0.29) is 24.8 Å². The van der Waals surface area contributed by atoms with Gasteiger partial charge < -0.3 is 15.3 Å². The van der Waals surface area contributed by atoms with Crippen LogP contribution in [-0.2, 0) is 4.79 Å². The summed E-state index contributed by atoms with van der Waals surface area (Å²) in [6, 6.07) is 4.60. The number of halogens is 1. The Morgan fingerprint density at radius 1 is 1.55 bits per heavy atom. The maximum Gasteiger partial charge on any atom is 0.256 e. The maximum atomic E-state index is 12.6. The van der Waals surface area contributed by atoms with E-state index in [1.807, 2.05) is 13.0 Å². The number of piperazine rings is 1. The van der Waals surface area contributed by atoms with E-state index in [2.05, 4.69) is 5.32 Å². The molecule has 0 bridgehead atoms. The maximum absolute atomic E-state index is 12.6. The van der Waals surface area contributed by atoms with Crippen LogP contribution in [0.1, 0.15) is 22.3 Å². The summed E-state index contributed by atoms with van der Waals surface area (Å²) in [7, 11) is 0. The van der Waals surface area contributed by atoms with E-state index in [0.29, 0.717) is 23.7 Å². The zero-order valence-electron chi connectivity index (χ0n) is 11.2. The fourth-order valence-electron chi connectivity index (χ4n) is 2.33. The summed E-state index contributed by atoms with van der Waals surface area (Å²) >= 11 is 6.17. The SMILES string of the molecule is Cc1cccc(C(=O)N2CCNC(=O)[C@@H]2CCO)c1Cl. The molecule has 0 aliphatic carbocycles. The van der Waals surface area contributed by atoms with E-state index >= 15 is 0 Å². The second kappa shape index (κ2) is 6.24. The molecule has 1 atom stereocenters. The van der Waals surface area contributed by atoms with Crippen molar-refractivity contribution in [1.82, 2.24) is 10.2 Å². The highest BCUT2D eigenvalue weighted by atomic mass is 35.5. The topological polar surface area (TPSA) is 69.6 Å². The Morgan fingerprint density at radius 3 is 3.00 bits per heavy atom. The minimum Gasteiger partial charge on any atom is -0.396 e. The van der Waals surface area contributed by atoms with Gasteiger partial charge in [0, 0.05) is 19.7 Å². The largest absolute Gasteiger partial charge is 0.396 e. The smallest absolute Gasteiger partial charge is 0.256 e. The molecule has 6 heteroatoms. The zero-order chi connectivity index (χ0) is 14.7. The number of amides is 2. The summed E-state index contributed by atoms with van der Waals surface area (Å²) in [4.78, 5) is 25.9. The van der Waals surface area contributed by atoms with Gasteiger partial charge in [-0.25, -0.2) is 0 Å². The Hall–Kier alpha value is -1.59. The van der Waals surface area contributed by atoms with Crippen LogP contribution in [0.4, 0.5) is 0 Å². The van der Waals surface area contributed by atoms with Crippen molar-refractivity contribution < 1.29 is 14.7 Å². The van der Waals surface area contributed by atoms with Crippen molar-refractivity contribution in [1.29, 1.82) is 0 Å². The second-order valence-electron chi connectivity index (χ2n) is 4.75. The molecule has 108 valence electrons. The summed E-state index contributed by atoms with van der Waals surface area (Å²) < 4.78 is 0. The third-order valence-corrected chi connectivity index (χ3v) is 3.92. The number of benzene rings is 1. The molecule has 20 heavy (non-hydrogen) atoms. The quantitative estimate of drug-likeness (QED) is 0.873. The van der Waals surface area contributed by atoms with Crippen LogP contribution in [0.25, 0.3) is 0 Å². The summed E-state index contributed by atoms with van der Waals surface area (Å²) in [5.41, 5.74) is 1.21. The Labute approximate surface area is 122 Å². The van der Waals surface area contributed by atoms with Crippen LogP contribution in [0.15, 0.2) is 18.2 Å². The average molecular weight is 297 g/mol. The highest BCUT2D eigenvalue weighted by Crippen LogP contribution is 2.23. The molecular formula is C14H17ClN2O3. The predicted molar refractivity (Wildman–Crippen MR) is 75.7 cm³/mol. The first-order chi connectivity index (χ1) is 9.56. The first-order valence-electron chi connectivity index (χ1n) is 6.51. The summed E-state index contributed by atoms with van der Waals surface area (Å²) in [6.07, 6.45) is 0.223. The van der Waals surface area contributed by atoms with E-state index in [4.69, 9.17) is 16.7 Å². The number of aliphatic hydroxyl groups excluding tert-OH is 1. The van der Waals surface area contributed by atoms with E-state index in [9.17, 15) is 9.59 Å². The van der Waals surface area contributed by atoms with Gasteiger partial charge in [0.25, 0.3) is 5.91 Å². The number of aliphatic hydroxyl groups is 1. The van der Waals surface area contributed by atoms with E-state index < -0.39 is 6.04 Å². The van der Waals surface area contributed by atoms with Crippen molar-refractivity contribution in [2.24, 2.45) is 0 Å². The lowest BCUT2D eigenvalue weighted by Crippen LogP contribution is -2.57. The second-order valence-corrected chi connectivity index (χ2v) is 5.13. The van der Waals surface area contributed by atoms with Gasteiger partial charge in [0.15, 0.2) is 0 Å². The molecular weight excluding hydrogens is 280 g/mol.